The minimum atomic E-state index is -0.541. The quantitative estimate of drug-likeness (QED) is 0.493. The van der Waals surface area contributed by atoms with E-state index >= 15 is 0 Å². The van der Waals surface area contributed by atoms with Crippen LogP contribution in [0.3, 0.4) is 0 Å². The van der Waals surface area contributed by atoms with Gasteiger partial charge in [-0.3, -0.25) is 9.59 Å². The van der Waals surface area contributed by atoms with E-state index in [-0.39, 0.29) is 11.4 Å². The Morgan fingerprint density at radius 1 is 1.12 bits per heavy atom. The molecule has 0 atom stereocenters. The Morgan fingerprint density at radius 3 is 2.52 bits per heavy atom. The van der Waals surface area contributed by atoms with Gasteiger partial charge in [0.2, 0.25) is 0 Å². The second kappa shape index (κ2) is 7.93. The third-order valence-corrected chi connectivity index (χ3v) is 3.65. The van der Waals surface area contributed by atoms with Crippen molar-refractivity contribution in [2.24, 2.45) is 0 Å². The van der Waals surface area contributed by atoms with Crippen LogP contribution in [0.2, 0.25) is 0 Å². The van der Waals surface area contributed by atoms with Crippen molar-refractivity contribution in [1.29, 1.82) is 5.26 Å². The Morgan fingerprint density at radius 2 is 1.88 bits per heavy atom. The summed E-state index contributed by atoms with van der Waals surface area (Å²) in [7, 11) is 0. The van der Waals surface area contributed by atoms with Crippen LogP contribution in [0.1, 0.15) is 28.4 Å². The number of Topliss-reactive ketones (excluding diaryl/α,β-unsaturated/α-hetero) is 1. The fourth-order valence-electron chi connectivity index (χ4n) is 2.29. The molecule has 0 aromatic heterocycles. The molecule has 0 radical (unpaired) electrons. The van der Waals surface area contributed by atoms with Gasteiger partial charge in [0.15, 0.2) is 5.78 Å². The molecule has 126 valence electrons. The summed E-state index contributed by atoms with van der Waals surface area (Å²) in [5.41, 5.74) is 3.87. The zero-order valence-electron chi connectivity index (χ0n) is 14.4. The van der Waals surface area contributed by atoms with Crippen LogP contribution in [0.4, 0.5) is 11.4 Å². The number of benzene rings is 2. The molecule has 0 aliphatic rings. The van der Waals surface area contributed by atoms with E-state index < -0.39 is 5.91 Å². The highest BCUT2D eigenvalue weighted by molar-refractivity contribution is 6.07. The number of rotatable bonds is 5. The van der Waals surface area contributed by atoms with Gasteiger partial charge < -0.3 is 10.6 Å². The molecule has 5 heteroatoms. The molecule has 0 bridgehead atoms. The predicted molar refractivity (Wildman–Crippen MR) is 98.3 cm³/mol. The lowest BCUT2D eigenvalue weighted by atomic mass is 10.1. The highest BCUT2D eigenvalue weighted by atomic mass is 16.1. The normalized spacial score (nSPS) is 10.7. The Kier molecular flexibility index (Phi) is 5.70. The SMILES string of the molecule is CC(=O)c1cccc(NC(=O)/C(C#N)=C\Nc2ccc(C)cc2C)c1. The van der Waals surface area contributed by atoms with Crippen molar-refractivity contribution in [2.45, 2.75) is 20.8 Å². The van der Waals surface area contributed by atoms with Crippen molar-refractivity contribution in [2.75, 3.05) is 10.6 Å². The number of amides is 1. The van der Waals surface area contributed by atoms with Crippen LogP contribution in [-0.2, 0) is 4.79 Å². The van der Waals surface area contributed by atoms with Gasteiger partial charge in [-0.1, -0.05) is 29.8 Å². The van der Waals surface area contributed by atoms with Gasteiger partial charge in [-0.05, 0) is 44.5 Å². The van der Waals surface area contributed by atoms with E-state index in [4.69, 9.17) is 0 Å². The van der Waals surface area contributed by atoms with Crippen LogP contribution in [0.15, 0.2) is 54.2 Å². The molecule has 2 N–H and O–H groups in total. The standard InChI is InChI=1S/C20H19N3O2/c1-13-7-8-19(14(2)9-13)22-12-17(11-21)20(25)23-18-6-4-5-16(10-18)15(3)24/h4-10,12,22H,1-3H3,(H,23,25)/b17-12-. The molecule has 1 amide bonds. The summed E-state index contributed by atoms with van der Waals surface area (Å²) in [4.78, 5) is 23.7. The second-order valence-electron chi connectivity index (χ2n) is 5.72. The van der Waals surface area contributed by atoms with Gasteiger partial charge >= 0.3 is 0 Å². The molecular weight excluding hydrogens is 314 g/mol. The first-order valence-electron chi connectivity index (χ1n) is 7.77. The summed E-state index contributed by atoms with van der Waals surface area (Å²) >= 11 is 0. The van der Waals surface area contributed by atoms with Crippen molar-refractivity contribution < 1.29 is 9.59 Å². The molecule has 2 rings (SSSR count). The van der Waals surface area contributed by atoms with Crippen LogP contribution in [0, 0.1) is 25.2 Å². The topological polar surface area (TPSA) is 82.0 Å². The summed E-state index contributed by atoms with van der Waals surface area (Å²) in [6.45, 7) is 5.40. The number of anilines is 2. The predicted octanol–water partition coefficient (Wildman–Crippen LogP) is 3.96. The summed E-state index contributed by atoms with van der Waals surface area (Å²) in [5.74, 6) is -0.635. The van der Waals surface area contributed by atoms with Crippen LogP contribution < -0.4 is 10.6 Å². The van der Waals surface area contributed by atoms with Gasteiger partial charge in [-0.25, -0.2) is 0 Å². The van der Waals surface area contributed by atoms with Crippen LogP contribution in [0.25, 0.3) is 0 Å². The lowest BCUT2D eigenvalue weighted by molar-refractivity contribution is -0.112. The van der Waals surface area contributed by atoms with Crippen molar-refractivity contribution in [3.63, 3.8) is 0 Å². The first-order valence-corrected chi connectivity index (χ1v) is 7.77. The minimum Gasteiger partial charge on any atom is -0.360 e. The van der Waals surface area contributed by atoms with Gasteiger partial charge in [0.05, 0.1) is 0 Å². The van der Waals surface area contributed by atoms with Gasteiger partial charge in [0.25, 0.3) is 5.91 Å². The molecule has 0 spiro atoms. The zero-order valence-corrected chi connectivity index (χ0v) is 14.4. The summed E-state index contributed by atoms with van der Waals surface area (Å²) in [6.07, 6.45) is 1.38. The maximum absolute atomic E-state index is 12.3. The average Bonchev–Trinajstić information content (AvgIpc) is 2.57. The Balaban J connectivity index is 2.14. The molecule has 5 nitrogen and oxygen atoms in total. The molecule has 2 aromatic rings. The number of nitriles is 1. The van der Waals surface area contributed by atoms with Crippen LogP contribution in [-0.4, -0.2) is 11.7 Å². The highest BCUT2D eigenvalue weighted by Crippen LogP contribution is 2.17. The number of carbonyl (C=O) groups excluding carboxylic acids is 2. The second-order valence-corrected chi connectivity index (χ2v) is 5.72. The van der Waals surface area contributed by atoms with E-state index in [1.54, 1.807) is 24.3 Å². The molecular formula is C20H19N3O2. The highest BCUT2D eigenvalue weighted by Gasteiger charge is 2.10. The van der Waals surface area contributed by atoms with Crippen LogP contribution >= 0.6 is 0 Å². The Labute approximate surface area is 147 Å². The number of hydrogen-bond donors (Lipinski definition) is 2. The molecule has 0 aliphatic carbocycles. The summed E-state index contributed by atoms with van der Waals surface area (Å²) in [5, 5.41) is 14.8. The summed E-state index contributed by atoms with van der Waals surface area (Å²) < 4.78 is 0. The van der Waals surface area contributed by atoms with Gasteiger partial charge in [-0.2, -0.15) is 5.26 Å². The monoisotopic (exact) mass is 333 g/mol. The molecule has 0 heterocycles. The number of hydrogen-bond acceptors (Lipinski definition) is 4. The third-order valence-electron chi connectivity index (χ3n) is 3.65. The fourth-order valence-corrected chi connectivity index (χ4v) is 2.29. The lowest BCUT2D eigenvalue weighted by Crippen LogP contribution is -2.15. The summed E-state index contributed by atoms with van der Waals surface area (Å²) in [6, 6.07) is 14.3. The first kappa shape index (κ1) is 18.0. The molecule has 25 heavy (non-hydrogen) atoms. The van der Waals surface area contributed by atoms with Crippen LogP contribution in [0.5, 0.6) is 0 Å². The van der Waals surface area contributed by atoms with Gasteiger partial charge in [0, 0.05) is 23.1 Å². The number of nitrogens with zero attached hydrogens (tertiary/aromatic N) is 1. The van der Waals surface area contributed by atoms with Gasteiger partial charge in [0.1, 0.15) is 11.6 Å². The molecule has 0 fully saturated rings. The maximum Gasteiger partial charge on any atom is 0.267 e. The maximum atomic E-state index is 12.3. The Bertz CT molecular complexity index is 892. The third kappa shape index (κ3) is 4.79. The molecule has 2 aromatic carbocycles. The van der Waals surface area contributed by atoms with Crippen molar-refractivity contribution >= 4 is 23.1 Å². The van der Waals surface area contributed by atoms with Crippen molar-refractivity contribution in [1.82, 2.24) is 0 Å². The average molecular weight is 333 g/mol. The number of carbonyl (C=O) groups is 2. The van der Waals surface area contributed by atoms with E-state index in [1.807, 2.05) is 38.1 Å². The van der Waals surface area contributed by atoms with E-state index in [2.05, 4.69) is 10.6 Å². The number of ketones is 1. The van der Waals surface area contributed by atoms with Crippen molar-refractivity contribution in [3.8, 4) is 6.07 Å². The van der Waals surface area contributed by atoms with E-state index in [0.29, 0.717) is 11.3 Å². The molecule has 0 saturated heterocycles. The molecule has 0 unspecified atom stereocenters. The van der Waals surface area contributed by atoms with Gasteiger partial charge in [-0.15, -0.1) is 0 Å². The zero-order chi connectivity index (χ0) is 18.4. The van der Waals surface area contributed by atoms with E-state index in [0.717, 1.165) is 16.8 Å². The molecule has 0 saturated carbocycles. The smallest absolute Gasteiger partial charge is 0.267 e. The number of aryl methyl sites for hydroxylation is 2. The first-order chi connectivity index (χ1) is 11.9. The van der Waals surface area contributed by atoms with E-state index in [1.165, 1.54) is 13.1 Å². The lowest BCUT2D eigenvalue weighted by Gasteiger charge is -2.08. The molecule has 0 aliphatic heterocycles. The Hall–Kier alpha value is -3.39. The minimum absolute atomic E-state index is 0.0618. The largest absolute Gasteiger partial charge is 0.360 e. The van der Waals surface area contributed by atoms with Crippen molar-refractivity contribution in [3.05, 3.63) is 70.9 Å². The fraction of sp³-hybridized carbons (Fsp3) is 0.150. The number of nitrogens with one attached hydrogen (secondary N) is 2. The van der Waals surface area contributed by atoms with E-state index in [9.17, 15) is 14.9 Å².